The van der Waals surface area contributed by atoms with Crippen LogP contribution >= 0.6 is 0 Å². The molecule has 0 aliphatic rings. The van der Waals surface area contributed by atoms with E-state index in [1.54, 1.807) is 33.3 Å². The second-order valence-electron chi connectivity index (χ2n) is 7.48. The third-order valence-electron chi connectivity index (χ3n) is 5.29. The molecule has 2 aromatic carbocycles. The standard InChI is InChI=1S/C23H27N3O4/c1-14(17-7-6-16(22(27)28)12-21(17)30-4)19-13-25-20-8-5-15(11-18(19)20)9-10-24-23(29)26(2)3/h5-8,11-14,25H,9-10H2,1-4H3,(H,24,29)(H,27,28). The van der Waals surface area contributed by atoms with Crippen molar-refractivity contribution >= 4 is 22.9 Å². The van der Waals surface area contributed by atoms with E-state index in [2.05, 4.69) is 29.4 Å². The maximum atomic E-state index is 11.7. The van der Waals surface area contributed by atoms with Gasteiger partial charge in [0.05, 0.1) is 12.7 Å². The molecule has 0 bridgehead atoms. The highest BCUT2D eigenvalue weighted by atomic mass is 16.5. The molecule has 3 N–H and O–H groups in total. The molecule has 7 heteroatoms. The van der Waals surface area contributed by atoms with Crippen molar-refractivity contribution in [2.45, 2.75) is 19.3 Å². The predicted molar refractivity (Wildman–Crippen MR) is 117 cm³/mol. The summed E-state index contributed by atoms with van der Waals surface area (Å²) in [6.45, 7) is 2.63. The van der Waals surface area contributed by atoms with E-state index in [-0.39, 0.29) is 17.5 Å². The zero-order valence-electron chi connectivity index (χ0n) is 17.7. The molecule has 0 saturated carbocycles. The quantitative estimate of drug-likeness (QED) is 0.553. The van der Waals surface area contributed by atoms with Gasteiger partial charge in [-0.25, -0.2) is 9.59 Å². The van der Waals surface area contributed by atoms with Gasteiger partial charge in [-0.05, 0) is 41.8 Å². The number of ether oxygens (including phenoxy) is 1. The van der Waals surface area contributed by atoms with Crippen molar-refractivity contribution in [3.63, 3.8) is 0 Å². The summed E-state index contributed by atoms with van der Waals surface area (Å²) in [6.07, 6.45) is 2.71. The first kappa shape index (κ1) is 21.2. The van der Waals surface area contributed by atoms with E-state index in [0.717, 1.165) is 34.0 Å². The molecule has 0 spiro atoms. The van der Waals surface area contributed by atoms with Crippen LogP contribution in [0.2, 0.25) is 0 Å². The minimum Gasteiger partial charge on any atom is -0.496 e. The number of amides is 2. The van der Waals surface area contributed by atoms with Gasteiger partial charge in [0.15, 0.2) is 0 Å². The topological polar surface area (TPSA) is 94.7 Å². The van der Waals surface area contributed by atoms with Crippen molar-refractivity contribution in [2.75, 3.05) is 27.7 Å². The second kappa shape index (κ2) is 8.90. The lowest BCUT2D eigenvalue weighted by molar-refractivity contribution is 0.0696. The molecule has 2 amide bonds. The number of carbonyl (C=O) groups excluding carboxylic acids is 1. The lowest BCUT2D eigenvalue weighted by Gasteiger charge is -2.16. The van der Waals surface area contributed by atoms with E-state index in [9.17, 15) is 14.7 Å². The highest BCUT2D eigenvalue weighted by Gasteiger charge is 2.19. The molecular weight excluding hydrogens is 382 g/mol. The monoisotopic (exact) mass is 409 g/mol. The van der Waals surface area contributed by atoms with E-state index in [1.165, 1.54) is 4.90 Å². The van der Waals surface area contributed by atoms with Crippen LogP contribution in [0.25, 0.3) is 10.9 Å². The summed E-state index contributed by atoms with van der Waals surface area (Å²) < 4.78 is 5.47. The van der Waals surface area contributed by atoms with E-state index >= 15 is 0 Å². The summed E-state index contributed by atoms with van der Waals surface area (Å²) >= 11 is 0. The Bertz CT molecular complexity index is 1070. The maximum absolute atomic E-state index is 11.7. The molecule has 0 saturated heterocycles. The molecule has 30 heavy (non-hydrogen) atoms. The summed E-state index contributed by atoms with van der Waals surface area (Å²) in [7, 11) is 4.98. The van der Waals surface area contributed by atoms with Crippen molar-refractivity contribution in [3.8, 4) is 5.75 Å². The number of nitrogens with zero attached hydrogens (tertiary/aromatic N) is 1. The number of carbonyl (C=O) groups is 2. The van der Waals surface area contributed by atoms with Gasteiger partial charge in [-0.1, -0.05) is 19.1 Å². The highest BCUT2D eigenvalue weighted by molar-refractivity contribution is 5.89. The molecule has 3 rings (SSSR count). The van der Waals surface area contributed by atoms with Crippen LogP contribution in [-0.2, 0) is 6.42 Å². The van der Waals surface area contributed by atoms with Gasteiger partial charge in [-0.2, -0.15) is 0 Å². The Balaban J connectivity index is 1.87. The summed E-state index contributed by atoms with van der Waals surface area (Å²) in [5.74, 6) is -0.426. The Morgan fingerprint density at radius 3 is 2.60 bits per heavy atom. The number of benzene rings is 2. The summed E-state index contributed by atoms with van der Waals surface area (Å²) in [5.41, 5.74) is 4.38. The molecule has 0 aliphatic carbocycles. The molecule has 158 valence electrons. The average molecular weight is 409 g/mol. The summed E-state index contributed by atoms with van der Waals surface area (Å²) in [5, 5.41) is 13.2. The maximum Gasteiger partial charge on any atom is 0.335 e. The molecule has 0 aliphatic heterocycles. The van der Waals surface area contributed by atoms with Crippen LogP contribution in [0, 0.1) is 0 Å². The lowest BCUT2D eigenvalue weighted by Crippen LogP contribution is -2.35. The van der Waals surface area contributed by atoms with Gasteiger partial charge in [0.2, 0.25) is 0 Å². The minimum atomic E-state index is -0.981. The Hall–Kier alpha value is -3.48. The first-order chi connectivity index (χ1) is 14.3. The molecule has 1 atom stereocenters. The Morgan fingerprint density at radius 1 is 1.17 bits per heavy atom. The number of nitrogens with one attached hydrogen (secondary N) is 2. The zero-order valence-corrected chi connectivity index (χ0v) is 17.7. The van der Waals surface area contributed by atoms with Crippen molar-refractivity contribution in [2.24, 2.45) is 0 Å². The number of hydrogen-bond donors (Lipinski definition) is 3. The van der Waals surface area contributed by atoms with Gasteiger partial charge in [0, 0.05) is 49.2 Å². The van der Waals surface area contributed by atoms with Crippen molar-refractivity contribution in [1.29, 1.82) is 0 Å². The average Bonchev–Trinajstić information content (AvgIpc) is 3.15. The molecule has 0 radical (unpaired) electrons. The number of aromatic nitrogens is 1. The smallest absolute Gasteiger partial charge is 0.335 e. The van der Waals surface area contributed by atoms with Gasteiger partial charge in [-0.3, -0.25) is 0 Å². The molecule has 3 aromatic rings. The normalized spacial score (nSPS) is 11.9. The summed E-state index contributed by atoms with van der Waals surface area (Å²) in [6, 6.07) is 11.1. The fourth-order valence-electron chi connectivity index (χ4n) is 3.54. The number of rotatable bonds is 7. The first-order valence-corrected chi connectivity index (χ1v) is 9.78. The van der Waals surface area contributed by atoms with Crippen molar-refractivity contribution < 1.29 is 19.4 Å². The molecule has 0 fully saturated rings. The molecule has 7 nitrogen and oxygen atoms in total. The van der Waals surface area contributed by atoms with Crippen LogP contribution in [0.15, 0.2) is 42.6 Å². The number of methoxy groups -OCH3 is 1. The molecule has 1 aromatic heterocycles. The Labute approximate surface area is 175 Å². The molecular formula is C23H27N3O4. The third kappa shape index (κ3) is 4.40. The van der Waals surface area contributed by atoms with Crippen LogP contribution < -0.4 is 10.1 Å². The number of hydrogen-bond acceptors (Lipinski definition) is 3. The molecule has 1 heterocycles. The van der Waals surface area contributed by atoms with Gasteiger partial charge in [-0.15, -0.1) is 0 Å². The number of aromatic amines is 1. The van der Waals surface area contributed by atoms with Crippen LogP contribution in [0.3, 0.4) is 0 Å². The number of carboxylic acid groups (broad SMARTS) is 1. The fraction of sp³-hybridized carbons (Fsp3) is 0.304. The lowest BCUT2D eigenvalue weighted by atomic mass is 9.91. The highest BCUT2D eigenvalue weighted by Crippen LogP contribution is 2.36. The van der Waals surface area contributed by atoms with Crippen LogP contribution in [0.1, 0.15) is 39.9 Å². The van der Waals surface area contributed by atoms with Gasteiger partial charge >= 0.3 is 12.0 Å². The van der Waals surface area contributed by atoms with E-state index in [4.69, 9.17) is 4.74 Å². The zero-order chi connectivity index (χ0) is 21.8. The van der Waals surface area contributed by atoms with Crippen LogP contribution in [-0.4, -0.2) is 54.7 Å². The minimum absolute atomic E-state index is 0.000221. The largest absolute Gasteiger partial charge is 0.496 e. The first-order valence-electron chi connectivity index (χ1n) is 9.78. The second-order valence-corrected chi connectivity index (χ2v) is 7.48. The van der Waals surface area contributed by atoms with Gasteiger partial charge in [0.25, 0.3) is 0 Å². The summed E-state index contributed by atoms with van der Waals surface area (Å²) in [4.78, 5) is 27.8. The predicted octanol–water partition coefficient (Wildman–Crippen LogP) is 3.84. The van der Waals surface area contributed by atoms with Crippen molar-refractivity contribution in [1.82, 2.24) is 15.2 Å². The van der Waals surface area contributed by atoms with E-state index in [0.29, 0.717) is 12.3 Å². The SMILES string of the molecule is COc1cc(C(=O)O)ccc1C(C)c1c[nH]c2ccc(CCNC(=O)N(C)C)cc12. The fourth-order valence-corrected chi connectivity index (χ4v) is 3.54. The number of H-pyrrole nitrogens is 1. The van der Waals surface area contributed by atoms with Gasteiger partial charge < -0.3 is 25.0 Å². The Morgan fingerprint density at radius 2 is 1.93 bits per heavy atom. The van der Waals surface area contributed by atoms with Crippen molar-refractivity contribution in [3.05, 3.63) is 64.8 Å². The number of urea groups is 1. The van der Waals surface area contributed by atoms with E-state index in [1.807, 2.05) is 18.3 Å². The van der Waals surface area contributed by atoms with Crippen LogP contribution in [0.4, 0.5) is 4.79 Å². The third-order valence-corrected chi connectivity index (χ3v) is 5.29. The van der Waals surface area contributed by atoms with Crippen LogP contribution in [0.5, 0.6) is 5.75 Å². The van der Waals surface area contributed by atoms with E-state index < -0.39 is 5.97 Å². The number of carboxylic acids is 1. The Kier molecular flexibility index (Phi) is 6.30. The molecule has 1 unspecified atom stereocenters. The van der Waals surface area contributed by atoms with Gasteiger partial charge in [0.1, 0.15) is 5.75 Å². The number of aromatic carboxylic acids is 1. The number of fused-ring (bicyclic) bond motifs is 1.